The second-order valence-corrected chi connectivity index (χ2v) is 6.47. The summed E-state index contributed by atoms with van der Waals surface area (Å²) in [6.07, 6.45) is 0.452. The third-order valence-corrected chi connectivity index (χ3v) is 4.94. The normalized spacial score (nSPS) is 15.5. The molecule has 0 fully saturated rings. The van der Waals surface area contributed by atoms with Crippen molar-refractivity contribution in [2.45, 2.75) is 6.42 Å². The van der Waals surface area contributed by atoms with Gasteiger partial charge in [-0.05, 0) is 35.3 Å². The van der Waals surface area contributed by atoms with Gasteiger partial charge in [-0.2, -0.15) is 5.26 Å². The summed E-state index contributed by atoms with van der Waals surface area (Å²) >= 11 is 0. The number of nitrogens with zero attached hydrogens (tertiary/aromatic N) is 1. The number of allylic oxidation sites excluding steroid dienone is 3. The Morgan fingerprint density at radius 3 is 2.29 bits per heavy atom. The Morgan fingerprint density at radius 2 is 1.68 bits per heavy atom. The lowest BCUT2D eigenvalue weighted by molar-refractivity contribution is -0.115. The van der Waals surface area contributed by atoms with Crippen molar-refractivity contribution in [3.63, 3.8) is 0 Å². The predicted octanol–water partition coefficient (Wildman–Crippen LogP) is 3.51. The van der Waals surface area contributed by atoms with E-state index in [2.05, 4.69) is 11.4 Å². The van der Waals surface area contributed by atoms with Gasteiger partial charge < -0.3 is 14.8 Å². The molecule has 28 heavy (non-hydrogen) atoms. The van der Waals surface area contributed by atoms with Crippen LogP contribution < -0.4 is 10.1 Å². The van der Waals surface area contributed by atoms with Crippen LogP contribution in [0.1, 0.15) is 11.1 Å². The molecule has 5 heteroatoms. The van der Waals surface area contributed by atoms with Gasteiger partial charge >= 0.3 is 0 Å². The molecule has 1 N–H and O–H groups in total. The maximum Gasteiger partial charge on any atom is 0.256 e. The number of hydrogen-bond donors (Lipinski definition) is 1. The fourth-order valence-electron chi connectivity index (χ4n) is 3.65. The van der Waals surface area contributed by atoms with Crippen molar-refractivity contribution in [1.82, 2.24) is 5.32 Å². The SMILES string of the molecule is COC1=C(C#N)C(Cc2ccc(OC)cc2)=C2C(=O)NC(c3ccccc3)=C12. The standard InChI is InChI=1S/C23H18N2O3/c1-27-16-10-8-14(9-11-16)12-17-18(13-24)22(28-2)20-19(17)23(26)25-21(20)15-6-4-3-5-7-15/h3-11H,12H2,1-2H3,(H,25,26). The molecule has 0 saturated carbocycles. The molecule has 0 unspecified atom stereocenters. The summed E-state index contributed by atoms with van der Waals surface area (Å²) in [7, 11) is 3.14. The maximum atomic E-state index is 12.8. The summed E-state index contributed by atoms with van der Waals surface area (Å²) in [6, 6.07) is 19.4. The van der Waals surface area contributed by atoms with Crippen LogP contribution in [0.25, 0.3) is 5.70 Å². The van der Waals surface area contributed by atoms with E-state index in [0.717, 1.165) is 16.9 Å². The molecule has 1 heterocycles. The van der Waals surface area contributed by atoms with Crippen LogP contribution in [0.5, 0.6) is 5.75 Å². The molecule has 4 rings (SSSR count). The van der Waals surface area contributed by atoms with Gasteiger partial charge in [0.25, 0.3) is 5.91 Å². The number of rotatable bonds is 5. The minimum atomic E-state index is -0.211. The van der Waals surface area contributed by atoms with Gasteiger partial charge in [0.15, 0.2) is 0 Å². The molecule has 2 aromatic carbocycles. The lowest BCUT2D eigenvalue weighted by atomic mass is 9.97. The van der Waals surface area contributed by atoms with Gasteiger partial charge in [-0.1, -0.05) is 42.5 Å². The monoisotopic (exact) mass is 370 g/mol. The number of carbonyl (C=O) groups is 1. The van der Waals surface area contributed by atoms with Crippen LogP contribution >= 0.6 is 0 Å². The van der Waals surface area contributed by atoms with Gasteiger partial charge in [0, 0.05) is 0 Å². The average molecular weight is 370 g/mol. The Morgan fingerprint density at radius 1 is 0.964 bits per heavy atom. The first kappa shape index (κ1) is 17.6. The summed E-state index contributed by atoms with van der Waals surface area (Å²) in [5, 5.41) is 12.8. The molecule has 0 bridgehead atoms. The number of methoxy groups -OCH3 is 2. The van der Waals surface area contributed by atoms with Crippen molar-refractivity contribution < 1.29 is 14.3 Å². The number of ether oxygens (including phenoxy) is 2. The van der Waals surface area contributed by atoms with E-state index in [0.29, 0.717) is 40.2 Å². The minimum absolute atomic E-state index is 0.211. The fraction of sp³-hybridized carbons (Fsp3) is 0.130. The van der Waals surface area contributed by atoms with Gasteiger partial charge in [0.2, 0.25) is 0 Å². The summed E-state index contributed by atoms with van der Waals surface area (Å²) in [5.41, 5.74) is 4.80. The summed E-state index contributed by atoms with van der Waals surface area (Å²) in [6.45, 7) is 0. The topological polar surface area (TPSA) is 71.3 Å². The Bertz CT molecular complexity index is 1080. The highest BCUT2D eigenvalue weighted by atomic mass is 16.5. The van der Waals surface area contributed by atoms with E-state index in [1.165, 1.54) is 7.11 Å². The molecular weight excluding hydrogens is 352 g/mol. The molecule has 1 aliphatic heterocycles. The van der Waals surface area contributed by atoms with Gasteiger partial charge in [-0.3, -0.25) is 4.79 Å². The summed E-state index contributed by atoms with van der Waals surface area (Å²) in [4.78, 5) is 12.8. The summed E-state index contributed by atoms with van der Waals surface area (Å²) < 4.78 is 10.8. The van der Waals surface area contributed by atoms with Crippen LogP contribution in [0.3, 0.4) is 0 Å². The number of nitrogens with one attached hydrogen (secondary N) is 1. The van der Waals surface area contributed by atoms with E-state index in [4.69, 9.17) is 9.47 Å². The van der Waals surface area contributed by atoms with Crippen molar-refractivity contribution in [3.8, 4) is 11.8 Å². The number of nitriles is 1. The van der Waals surface area contributed by atoms with E-state index in [9.17, 15) is 10.1 Å². The quantitative estimate of drug-likeness (QED) is 0.874. The van der Waals surface area contributed by atoms with Gasteiger partial charge in [-0.15, -0.1) is 0 Å². The Balaban J connectivity index is 1.86. The van der Waals surface area contributed by atoms with Crippen molar-refractivity contribution in [2.75, 3.05) is 14.2 Å². The zero-order valence-corrected chi connectivity index (χ0v) is 15.6. The molecule has 5 nitrogen and oxygen atoms in total. The highest BCUT2D eigenvalue weighted by Gasteiger charge is 2.41. The molecule has 2 aromatic rings. The van der Waals surface area contributed by atoms with Crippen LogP contribution in [0.2, 0.25) is 0 Å². The first-order chi connectivity index (χ1) is 13.7. The first-order valence-electron chi connectivity index (χ1n) is 8.84. The molecule has 138 valence electrons. The molecule has 0 saturated heterocycles. The second kappa shape index (κ2) is 7.09. The predicted molar refractivity (Wildman–Crippen MR) is 105 cm³/mol. The van der Waals surface area contributed by atoms with Crippen LogP contribution in [0.15, 0.2) is 82.6 Å². The zero-order chi connectivity index (χ0) is 19.7. The number of amides is 1. The smallest absolute Gasteiger partial charge is 0.256 e. The highest BCUT2D eigenvalue weighted by Crippen LogP contribution is 2.45. The van der Waals surface area contributed by atoms with Crippen LogP contribution in [0.4, 0.5) is 0 Å². The van der Waals surface area contributed by atoms with Crippen LogP contribution in [-0.2, 0) is 16.0 Å². The minimum Gasteiger partial charge on any atom is -0.497 e. The van der Waals surface area contributed by atoms with Crippen molar-refractivity contribution in [3.05, 3.63) is 93.8 Å². The Hall–Kier alpha value is -3.78. The molecule has 0 aromatic heterocycles. The lowest BCUT2D eigenvalue weighted by Gasteiger charge is -2.09. The maximum absolute atomic E-state index is 12.8. The van der Waals surface area contributed by atoms with Crippen molar-refractivity contribution in [2.24, 2.45) is 0 Å². The number of fused-ring (bicyclic) bond motifs is 1. The van der Waals surface area contributed by atoms with Gasteiger partial charge in [0.1, 0.15) is 17.6 Å². The second-order valence-electron chi connectivity index (χ2n) is 6.47. The number of benzene rings is 2. The van der Waals surface area contributed by atoms with E-state index < -0.39 is 0 Å². The third kappa shape index (κ3) is 2.76. The van der Waals surface area contributed by atoms with Crippen molar-refractivity contribution in [1.29, 1.82) is 5.26 Å². The van der Waals surface area contributed by atoms with E-state index >= 15 is 0 Å². The molecule has 1 aliphatic carbocycles. The molecule has 0 spiro atoms. The van der Waals surface area contributed by atoms with Gasteiger partial charge in [-0.25, -0.2) is 0 Å². The van der Waals surface area contributed by atoms with E-state index in [1.807, 2.05) is 54.6 Å². The Kier molecular flexibility index (Phi) is 4.46. The van der Waals surface area contributed by atoms with E-state index in [-0.39, 0.29) is 5.91 Å². The fourth-order valence-corrected chi connectivity index (χ4v) is 3.65. The van der Waals surface area contributed by atoms with Crippen LogP contribution in [0, 0.1) is 11.3 Å². The number of carbonyl (C=O) groups excluding carboxylic acids is 1. The lowest BCUT2D eigenvalue weighted by Crippen LogP contribution is -2.17. The first-order valence-corrected chi connectivity index (χ1v) is 8.84. The number of hydrogen-bond acceptors (Lipinski definition) is 4. The molecular formula is C23H18N2O3. The average Bonchev–Trinajstić information content (AvgIpc) is 3.24. The van der Waals surface area contributed by atoms with E-state index in [1.54, 1.807) is 7.11 Å². The van der Waals surface area contributed by atoms with Crippen LogP contribution in [-0.4, -0.2) is 20.1 Å². The molecule has 2 aliphatic rings. The molecule has 1 amide bonds. The highest BCUT2D eigenvalue weighted by molar-refractivity contribution is 6.14. The zero-order valence-electron chi connectivity index (χ0n) is 15.6. The largest absolute Gasteiger partial charge is 0.497 e. The summed E-state index contributed by atoms with van der Waals surface area (Å²) in [5.74, 6) is 0.988. The molecule has 0 atom stereocenters. The third-order valence-electron chi connectivity index (χ3n) is 4.94. The van der Waals surface area contributed by atoms with Gasteiger partial charge in [0.05, 0.1) is 36.6 Å². The van der Waals surface area contributed by atoms with Crippen molar-refractivity contribution >= 4 is 11.6 Å². The molecule has 0 radical (unpaired) electrons. The Labute approximate surface area is 163 Å².